The van der Waals surface area contributed by atoms with Crippen LogP contribution in [0.3, 0.4) is 0 Å². The summed E-state index contributed by atoms with van der Waals surface area (Å²) >= 11 is 5.80. The van der Waals surface area contributed by atoms with E-state index in [0.29, 0.717) is 29.3 Å². The zero-order valence-corrected chi connectivity index (χ0v) is 11.4. The molecule has 0 amide bonds. The molecule has 100 valence electrons. The van der Waals surface area contributed by atoms with E-state index in [2.05, 4.69) is 10.2 Å². The Kier molecular flexibility index (Phi) is 3.80. The molecule has 0 aliphatic rings. The largest absolute Gasteiger partial charge is 0.310 e. The third kappa shape index (κ3) is 2.31. The summed E-state index contributed by atoms with van der Waals surface area (Å²) in [6.45, 7) is 4.32. The van der Waals surface area contributed by atoms with Gasteiger partial charge >= 0.3 is 0 Å². The van der Waals surface area contributed by atoms with E-state index in [1.54, 1.807) is 19.1 Å². The van der Waals surface area contributed by atoms with Crippen molar-refractivity contribution < 1.29 is 4.92 Å². The second-order valence-corrected chi connectivity index (χ2v) is 4.29. The van der Waals surface area contributed by atoms with Gasteiger partial charge in [0.25, 0.3) is 5.69 Å². The smallest absolute Gasteiger partial charge is 0.273 e. The van der Waals surface area contributed by atoms with Crippen LogP contribution in [-0.2, 0) is 12.4 Å². The molecule has 0 radical (unpaired) electrons. The summed E-state index contributed by atoms with van der Waals surface area (Å²) < 4.78 is 1.86. The molecule has 0 N–H and O–H groups in total. The van der Waals surface area contributed by atoms with E-state index in [-0.39, 0.29) is 11.6 Å². The Balaban J connectivity index is 2.62. The average molecular weight is 281 g/mol. The van der Waals surface area contributed by atoms with Crippen LogP contribution in [0.1, 0.15) is 18.3 Å². The van der Waals surface area contributed by atoms with Gasteiger partial charge in [0.15, 0.2) is 5.82 Å². The molecular weight excluding hydrogens is 268 g/mol. The van der Waals surface area contributed by atoms with Crippen LogP contribution in [0.15, 0.2) is 18.2 Å². The molecular formula is C12H13ClN4O2. The fraction of sp³-hybridized carbons (Fsp3) is 0.333. The fourth-order valence-corrected chi connectivity index (χ4v) is 2.23. The highest BCUT2D eigenvalue weighted by atomic mass is 35.5. The first kappa shape index (κ1) is 13.5. The summed E-state index contributed by atoms with van der Waals surface area (Å²) in [6, 6.07) is 4.93. The molecule has 0 aliphatic heterocycles. The van der Waals surface area contributed by atoms with Gasteiger partial charge in [0, 0.05) is 23.7 Å². The summed E-state index contributed by atoms with van der Waals surface area (Å²) in [6.07, 6.45) is 0. The molecule has 0 bridgehead atoms. The normalized spacial score (nSPS) is 10.7. The minimum atomic E-state index is -0.395. The van der Waals surface area contributed by atoms with Gasteiger partial charge in [-0.3, -0.25) is 10.1 Å². The maximum absolute atomic E-state index is 11.0. The molecule has 1 aromatic carbocycles. The number of hydrogen-bond acceptors (Lipinski definition) is 4. The van der Waals surface area contributed by atoms with E-state index >= 15 is 0 Å². The molecule has 2 aromatic rings. The molecule has 7 heteroatoms. The first-order valence-corrected chi connectivity index (χ1v) is 6.36. The molecule has 0 fully saturated rings. The minimum Gasteiger partial charge on any atom is -0.310 e. The summed E-state index contributed by atoms with van der Waals surface area (Å²) in [5, 5.41) is 19.1. The maximum Gasteiger partial charge on any atom is 0.273 e. The molecule has 19 heavy (non-hydrogen) atoms. The van der Waals surface area contributed by atoms with Crippen LogP contribution in [0.5, 0.6) is 0 Å². The number of aromatic nitrogens is 3. The molecule has 0 saturated heterocycles. The van der Waals surface area contributed by atoms with Crippen LogP contribution in [0.4, 0.5) is 5.69 Å². The number of hydrogen-bond donors (Lipinski definition) is 0. The van der Waals surface area contributed by atoms with Crippen molar-refractivity contribution in [3.8, 4) is 11.4 Å². The van der Waals surface area contributed by atoms with Crippen molar-refractivity contribution >= 4 is 17.3 Å². The lowest BCUT2D eigenvalue weighted by Gasteiger charge is -2.08. The van der Waals surface area contributed by atoms with Gasteiger partial charge in [-0.15, -0.1) is 21.8 Å². The van der Waals surface area contributed by atoms with E-state index in [0.717, 1.165) is 0 Å². The standard InChI is InChI=1S/C12H13ClN4O2/c1-3-16-11(7-13)14-15-12(16)9-5-4-6-10(8(9)2)17(18)19/h4-6H,3,7H2,1-2H3. The highest BCUT2D eigenvalue weighted by Gasteiger charge is 2.19. The predicted molar refractivity (Wildman–Crippen MR) is 72.1 cm³/mol. The van der Waals surface area contributed by atoms with E-state index in [4.69, 9.17) is 11.6 Å². The van der Waals surface area contributed by atoms with Gasteiger partial charge in [-0.2, -0.15) is 0 Å². The first-order chi connectivity index (χ1) is 9.10. The van der Waals surface area contributed by atoms with E-state index in [1.165, 1.54) is 6.07 Å². The van der Waals surface area contributed by atoms with Crippen LogP contribution in [0.2, 0.25) is 0 Å². The van der Waals surface area contributed by atoms with Gasteiger partial charge in [-0.25, -0.2) is 0 Å². The van der Waals surface area contributed by atoms with Gasteiger partial charge in [-0.1, -0.05) is 12.1 Å². The van der Waals surface area contributed by atoms with Gasteiger partial charge < -0.3 is 4.57 Å². The predicted octanol–water partition coefficient (Wildman–Crippen LogP) is 2.92. The van der Waals surface area contributed by atoms with Crippen LogP contribution in [0, 0.1) is 17.0 Å². The van der Waals surface area contributed by atoms with Crippen LogP contribution < -0.4 is 0 Å². The topological polar surface area (TPSA) is 73.8 Å². The Morgan fingerprint density at radius 1 is 1.42 bits per heavy atom. The highest BCUT2D eigenvalue weighted by Crippen LogP contribution is 2.29. The maximum atomic E-state index is 11.0. The molecule has 6 nitrogen and oxygen atoms in total. The van der Waals surface area contributed by atoms with Crippen molar-refractivity contribution in [3.63, 3.8) is 0 Å². The van der Waals surface area contributed by atoms with Crippen LogP contribution >= 0.6 is 11.6 Å². The van der Waals surface area contributed by atoms with Crippen molar-refractivity contribution in [1.29, 1.82) is 0 Å². The molecule has 1 aromatic heterocycles. The van der Waals surface area contributed by atoms with Crippen molar-refractivity contribution in [2.24, 2.45) is 0 Å². The van der Waals surface area contributed by atoms with E-state index < -0.39 is 4.92 Å². The first-order valence-electron chi connectivity index (χ1n) is 5.82. The lowest BCUT2D eigenvalue weighted by atomic mass is 10.1. The monoisotopic (exact) mass is 280 g/mol. The molecule has 0 unspecified atom stereocenters. The summed E-state index contributed by atoms with van der Waals surface area (Å²) in [7, 11) is 0. The lowest BCUT2D eigenvalue weighted by molar-refractivity contribution is -0.385. The molecule has 0 saturated carbocycles. The lowest BCUT2D eigenvalue weighted by Crippen LogP contribution is -2.03. The minimum absolute atomic E-state index is 0.0792. The Labute approximate surface area is 115 Å². The number of alkyl halides is 1. The SMILES string of the molecule is CCn1c(CCl)nnc1-c1cccc([N+](=O)[O-])c1C. The number of nitro benzene ring substituents is 1. The van der Waals surface area contributed by atoms with Gasteiger partial charge in [0.05, 0.1) is 10.8 Å². The number of benzene rings is 1. The molecule has 2 rings (SSSR count). The molecule has 0 atom stereocenters. The van der Waals surface area contributed by atoms with Crippen LogP contribution in [0.25, 0.3) is 11.4 Å². The average Bonchev–Trinajstić information content (AvgIpc) is 2.81. The fourth-order valence-electron chi connectivity index (χ4n) is 2.03. The van der Waals surface area contributed by atoms with Gasteiger partial charge in [-0.05, 0) is 13.8 Å². The summed E-state index contributed by atoms with van der Waals surface area (Å²) in [5.41, 5.74) is 1.37. The number of nitrogens with zero attached hydrogens (tertiary/aromatic N) is 4. The Morgan fingerprint density at radius 3 is 2.74 bits per heavy atom. The second kappa shape index (κ2) is 5.36. The zero-order valence-electron chi connectivity index (χ0n) is 10.6. The Hall–Kier alpha value is -1.95. The molecule has 1 heterocycles. The number of rotatable bonds is 4. The molecule has 0 spiro atoms. The van der Waals surface area contributed by atoms with Gasteiger partial charge in [0.2, 0.25) is 0 Å². The van der Waals surface area contributed by atoms with Crippen molar-refractivity contribution in [1.82, 2.24) is 14.8 Å². The Morgan fingerprint density at radius 2 is 2.16 bits per heavy atom. The van der Waals surface area contributed by atoms with Crippen molar-refractivity contribution in [2.75, 3.05) is 0 Å². The Bertz CT molecular complexity index is 624. The number of halogens is 1. The van der Waals surface area contributed by atoms with Gasteiger partial charge in [0.1, 0.15) is 5.82 Å². The van der Waals surface area contributed by atoms with Crippen LogP contribution in [-0.4, -0.2) is 19.7 Å². The third-order valence-corrected chi connectivity index (χ3v) is 3.24. The highest BCUT2D eigenvalue weighted by molar-refractivity contribution is 6.16. The van der Waals surface area contributed by atoms with E-state index in [9.17, 15) is 10.1 Å². The number of nitro groups is 1. The summed E-state index contributed by atoms with van der Waals surface area (Å²) in [4.78, 5) is 10.6. The summed E-state index contributed by atoms with van der Waals surface area (Å²) in [5.74, 6) is 1.53. The van der Waals surface area contributed by atoms with E-state index in [1.807, 2.05) is 11.5 Å². The quantitative estimate of drug-likeness (QED) is 0.490. The zero-order chi connectivity index (χ0) is 14.0. The third-order valence-electron chi connectivity index (χ3n) is 3.01. The molecule has 0 aliphatic carbocycles. The second-order valence-electron chi connectivity index (χ2n) is 4.02. The van der Waals surface area contributed by atoms with Crippen molar-refractivity contribution in [3.05, 3.63) is 39.7 Å². The van der Waals surface area contributed by atoms with Crippen molar-refractivity contribution in [2.45, 2.75) is 26.3 Å².